The zero-order valence-electron chi connectivity index (χ0n) is 8.65. The molecule has 0 radical (unpaired) electrons. The van der Waals surface area contributed by atoms with Crippen LogP contribution in [0.1, 0.15) is 12.0 Å². The Morgan fingerprint density at radius 2 is 2.24 bits per heavy atom. The lowest BCUT2D eigenvalue weighted by atomic mass is 10.2. The highest BCUT2D eigenvalue weighted by atomic mass is 35.5. The number of benzene rings is 1. The predicted octanol–water partition coefficient (Wildman–Crippen LogP) is 2.29. The average molecular weight is 262 g/mol. The molecule has 4 nitrogen and oxygen atoms in total. The van der Waals surface area contributed by atoms with Crippen molar-refractivity contribution in [2.24, 2.45) is 15.9 Å². The summed E-state index contributed by atoms with van der Waals surface area (Å²) in [5.74, 6) is 4.95. The van der Waals surface area contributed by atoms with Crippen LogP contribution in [0.5, 0.6) is 0 Å². The molecule has 0 amide bonds. The number of nitrogens with two attached hydrogens (primary N) is 1. The number of hydrogen-bond donors (Lipinski definition) is 2. The Hall–Kier alpha value is -1.53. The molecular formula is C10H10ClF2N3O. The minimum atomic E-state index is -2.67. The van der Waals surface area contributed by atoms with Crippen molar-refractivity contribution in [2.45, 2.75) is 6.43 Å². The number of rotatable bonds is 4. The molecule has 1 aromatic rings. The minimum absolute atomic E-state index is 0.0196. The van der Waals surface area contributed by atoms with E-state index in [9.17, 15) is 8.78 Å². The Labute approximate surface area is 101 Å². The summed E-state index contributed by atoms with van der Waals surface area (Å²) in [6.07, 6.45) is -1.48. The molecule has 0 aliphatic rings. The number of nitrogens with zero attached hydrogens (tertiary/aromatic N) is 2. The summed E-state index contributed by atoms with van der Waals surface area (Å²) in [6, 6.07) is 3.96. The van der Waals surface area contributed by atoms with Crippen molar-refractivity contribution in [1.82, 2.24) is 0 Å². The molecule has 0 saturated heterocycles. The zero-order valence-corrected chi connectivity index (χ0v) is 9.40. The molecule has 7 heteroatoms. The molecule has 17 heavy (non-hydrogen) atoms. The van der Waals surface area contributed by atoms with E-state index in [1.807, 2.05) is 0 Å². The Kier molecular flexibility index (Phi) is 4.99. The zero-order chi connectivity index (χ0) is 12.8. The monoisotopic (exact) mass is 261 g/mol. The van der Waals surface area contributed by atoms with Crippen LogP contribution in [0.4, 0.5) is 14.5 Å². The number of aliphatic hydroxyl groups is 1. The normalized spacial score (nSPS) is 12.6. The molecule has 3 N–H and O–H groups in total. The van der Waals surface area contributed by atoms with Crippen LogP contribution in [-0.4, -0.2) is 23.6 Å². The van der Waals surface area contributed by atoms with Crippen LogP contribution < -0.4 is 5.84 Å². The topological polar surface area (TPSA) is 71.0 Å². The molecule has 0 heterocycles. The molecule has 0 aliphatic carbocycles. The second-order valence-electron chi connectivity index (χ2n) is 3.04. The van der Waals surface area contributed by atoms with Crippen LogP contribution in [0.2, 0.25) is 5.02 Å². The average Bonchev–Trinajstić information content (AvgIpc) is 2.32. The van der Waals surface area contributed by atoms with Gasteiger partial charge < -0.3 is 10.9 Å². The molecule has 0 atom stereocenters. The van der Waals surface area contributed by atoms with E-state index in [-0.39, 0.29) is 28.6 Å². The van der Waals surface area contributed by atoms with Crippen molar-refractivity contribution in [3.8, 4) is 0 Å². The van der Waals surface area contributed by atoms with Gasteiger partial charge in [0.2, 0.25) is 0 Å². The molecule has 0 unspecified atom stereocenters. The van der Waals surface area contributed by atoms with E-state index in [2.05, 4.69) is 10.1 Å². The van der Waals surface area contributed by atoms with Gasteiger partial charge in [-0.1, -0.05) is 11.6 Å². The maximum absolute atomic E-state index is 12.5. The van der Waals surface area contributed by atoms with Crippen LogP contribution in [0, 0.1) is 0 Å². The van der Waals surface area contributed by atoms with Gasteiger partial charge in [-0.25, -0.2) is 8.78 Å². The molecule has 92 valence electrons. The van der Waals surface area contributed by atoms with Gasteiger partial charge in [-0.05, 0) is 18.2 Å². The van der Waals surface area contributed by atoms with Gasteiger partial charge in [-0.15, -0.1) is 0 Å². The second kappa shape index (κ2) is 6.27. The van der Waals surface area contributed by atoms with E-state index in [1.165, 1.54) is 18.3 Å². The quantitative estimate of drug-likeness (QED) is 0.496. The maximum Gasteiger partial charge on any atom is 0.265 e. The third-order valence-electron chi connectivity index (χ3n) is 1.91. The first-order valence-corrected chi connectivity index (χ1v) is 4.95. The van der Waals surface area contributed by atoms with Gasteiger partial charge >= 0.3 is 0 Å². The van der Waals surface area contributed by atoms with Crippen LogP contribution >= 0.6 is 11.6 Å². The van der Waals surface area contributed by atoms with E-state index in [4.69, 9.17) is 22.6 Å². The predicted molar refractivity (Wildman–Crippen MR) is 63.3 cm³/mol. The SMILES string of the molecule is NN=C(C=Nc1ccc(Cl)c(C(F)F)c1)CO. The van der Waals surface area contributed by atoms with E-state index in [1.54, 1.807) is 0 Å². The first-order chi connectivity index (χ1) is 8.08. The van der Waals surface area contributed by atoms with E-state index < -0.39 is 6.43 Å². The number of halogens is 3. The van der Waals surface area contributed by atoms with E-state index in [0.29, 0.717) is 0 Å². The number of aliphatic imine (C=N–C) groups is 1. The Morgan fingerprint density at radius 3 is 2.76 bits per heavy atom. The summed E-state index contributed by atoms with van der Waals surface area (Å²) in [5, 5.41) is 12.0. The summed E-state index contributed by atoms with van der Waals surface area (Å²) in [7, 11) is 0. The molecule has 0 fully saturated rings. The van der Waals surface area contributed by atoms with Crippen molar-refractivity contribution >= 4 is 29.2 Å². The minimum Gasteiger partial charge on any atom is -0.390 e. The highest BCUT2D eigenvalue weighted by molar-refractivity contribution is 6.32. The Bertz CT molecular complexity index is 449. The molecule has 0 aromatic heterocycles. The standard InChI is InChI=1S/C10H10ClF2N3O/c11-9-2-1-6(3-8(9)10(12)13)15-4-7(5-17)16-14/h1-4,10,17H,5,14H2. The molecule has 0 aliphatic heterocycles. The van der Waals surface area contributed by atoms with Crippen LogP contribution in [0.25, 0.3) is 0 Å². The highest BCUT2D eigenvalue weighted by Gasteiger charge is 2.11. The van der Waals surface area contributed by atoms with Gasteiger partial charge in [0, 0.05) is 10.6 Å². The smallest absolute Gasteiger partial charge is 0.265 e. The number of alkyl halides is 2. The second-order valence-corrected chi connectivity index (χ2v) is 3.45. The first-order valence-electron chi connectivity index (χ1n) is 4.57. The summed E-state index contributed by atoms with van der Waals surface area (Å²) in [6.45, 7) is -0.380. The van der Waals surface area contributed by atoms with E-state index >= 15 is 0 Å². The molecule has 0 spiro atoms. The fourth-order valence-corrected chi connectivity index (χ4v) is 1.24. The van der Waals surface area contributed by atoms with Gasteiger partial charge in [0.15, 0.2) is 0 Å². The Morgan fingerprint density at radius 1 is 1.53 bits per heavy atom. The number of hydrazone groups is 1. The van der Waals surface area contributed by atoms with Gasteiger partial charge in [0.25, 0.3) is 6.43 Å². The summed E-state index contributed by atoms with van der Waals surface area (Å²) in [4.78, 5) is 3.84. The van der Waals surface area contributed by atoms with Gasteiger partial charge in [0.1, 0.15) is 5.71 Å². The van der Waals surface area contributed by atoms with Crippen molar-refractivity contribution in [2.75, 3.05) is 6.61 Å². The lowest BCUT2D eigenvalue weighted by Crippen LogP contribution is -2.08. The molecule has 0 saturated carbocycles. The van der Waals surface area contributed by atoms with Crippen molar-refractivity contribution in [1.29, 1.82) is 0 Å². The molecule has 1 aromatic carbocycles. The van der Waals surface area contributed by atoms with Crippen LogP contribution in [0.3, 0.4) is 0 Å². The van der Waals surface area contributed by atoms with Gasteiger partial charge in [0.05, 0.1) is 18.5 Å². The summed E-state index contributed by atoms with van der Waals surface area (Å²) < 4.78 is 25.0. The maximum atomic E-state index is 12.5. The van der Waals surface area contributed by atoms with E-state index in [0.717, 1.165) is 6.07 Å². The number of hydrogen-bond acceptors (Lipinski definition) is 4. The van der Waals surface area contributed by atoms with Crippen LogP contribution in [0.15, 0.2) is 28.3 Å². The molecular weight excluding hydrogens is 252 g/mol. The van der Waals surface area contributed by atoms with Crippen molar-refractivity contribution in [3.05, 3.63) is 28.8 Å². The molecule has 1 rings (SSSR count). The fourth-order valence-electron chi connectivity index (χ4n) is 1.04. The third kappa shape index (κ3) is 3.76. The summed E-state index contributed by atoms with van der Waals surface area (Å²) >= 11 is 5.59. The highest BCUT2D eigenvalue weighted by Crippen LogP contribution is 2.30. The lowest BCUT2D eigenvalue weighted by molar-refractivity contribution is 0.151. The van der Waals surface area contributed by atoms with Gasteiger partial charge in [-0.3, -0.25) is 4.99 Å². The lowest BCUT2D eigenvalue weighted by Gasteiger charge is -2.03. The van der Waals surface area contributed by atoms with Crippen molar-refractivity contribution in [3.63, 3.8) is 0 Å². The Balaban J connectivity index is 2.97. The number of aliphatic hydroxyl groups excluding tert-OH is 1. The van der Waals surface area contributed by atoms with Gasteiger partial charge in [-0.2, -0.15) is 5.10 Å². The molecule has 0 bridgehead atoms. The van der Waals surface area contributed by atoms with Crippen molar-refractivity contribution < 1.29 is 13.9 Å². The van der Waals surface area contributed by atoms with Crippen LogP contribution in [-0.2, 0) is 0 Å². The third-order valence-corrected chi connectivity index (χ3v) is 2.25. The fraction of sp³-hybridized carbons (Fsp3) is 0.200. The largest absolute Gasteiger partial charge is 0.390 e. The summed E-state index contributed by atoms with van der Waals surface area (Å²) in [5.41, 5.74) is 0.120. The first kappa shape index (κ1) is 13.5.